The zero-order chi connectivity index (χ0) is 18.8. The van der Waals surface area contributed by atoms with Crippen LogP contribution in [0.5, 0.6) is 0 Å². The molecule has 2 aromatic carbocycles. The molecule has 0 bridgehead atoms. The fourth-order valence-corrected chi connectivity index (χ4v) is 2.98. The lowest BCUT2D eigenvalue weighted by molar-refractivity contribution is -0.176. The maximum atomic E-state index is 12.0. The van der Waals surface area contributed by atoms with Gasteiger partial charge in [-0.15, -0.1) is 11.8 Å². The monoisotopic (exact) mass is 383 g/mol. The number of alkyl halides is 3. The zero-order valence-corrected chi connectivity index (χ0v) is 14.9. The van der Waals surface area contributed by atoms with Gasteiger partial charge in [0.25, 0.3) is 0 Å². The summed E-state index contributed by atoms with van der Waals surface area (Å²) in [6, 6.07) is 16.8. The number of thioether (sulfide) groups is 1. The zero-order valence-electron chi connectivity index (χ0n) is 14.1. The van der Waals surface area contributed by atoms with Gasteiger partial charge in [0.2, 0.25) is 5.91 Å². The van der Waals surface area contributed by atoms with E-state index in [9.17, 15) is 18.0 Å². The van der Waals surface area contributed by atoms with Gasteiger partial charge in [0, 0.05) is 23.6 Å². The third kappa shape index (κ3) is 8.40. The molecular formula is C19H20F3NO2S. The summed E-state index contributed by atoms with van der Waals surface area (Å²) in [4.78, 5) is 13.0. The number of halogens is 3. The standard InChI is InChI=1S/C19H20F3NO2S/c20-19(21,22)14-25-13-16-8-6-15(7-9-16)12-23-18(24)10-11-26-17-4-2-1-3-5-17/h1-9H,10-14H2,(H,23,24). The van der Waals surface area contributed by atoms with E-state index in [1.165, 1.54) is 0 Å². The highest BCUT2D eigenvalue weighted by atomic mass is 32.2. The number of amides is 1. The molecule has 0 aromatic heterocycles. The van der Waals surface area contributed by atoms with Crippen molar-refractivity contribution in [2.24, 2.45) is 0 Å². The molecule has 0 atom stereocenters. The van der Waals surface area contributed by atoms with E-state index in [-0.39, 0.29) is 12.5 Å². The molecule has 26 heavy (non-hydrogen) atoms. The molecule has 0 aliphatic carbocycles. The minimum atomic E-state index is -4.32. The molecular weight excluding hydrogens is 363 g/mol. The van der Waals surface area contributed by atoms with Gasteiger partial charge in [-0.1, -0.05) is 42.5 Å². The van der Waals surface area contributed by atoms with Crippen molar-refractivity contribution in [3.05, 3.63) is 65.7 Å². The Bertz CT molecular complexity index is 675. The Hall–Kier alpha value is -1.99. The van der Waals surface area contributed by atoms with Crippen LogP contribution in [0.1, 0.15) is 17.5 Å². The van der Waals surface area contributed by atoms with E-state index in [1.807, 2.05) is 30.3 Å². The normalized spacial score (nSPS) is 11.3. The van der Waals surface area contributed by atoms with Crippen molar-refractivity contribution in [3.63, 3.8) is 0 Å². The van der Waals surface area contributed by atoms with Crippen molar-refractivity contribution in [2.45, 2.75) is 30.6 Å². The van der Waals surface area contributed by atoms with E-state index < -0.39 is 12.8 Å². The molecule has 0 unspecified atom stereocenters. The minimum Gasteiger partial charge on any atom is -0.367 e. The quantitative estimate of drug-likeness (QED) is 0.645. The van der Waals surface area contributed by atoms with Crippen molar-refractivity contribution < 1.29 is 22.7 Å². The van der Waals surface area contributed by atoms with Crippen LogP contribution >= 0.6 is 11.8 Å². The van der Waals surface area contributed by atoms with Crippen LogP contribution in [0.4, 0.5) is 13.2 Å². The molecule has 0 heterocycles. The van der Waals surface area contributed by atoms with Gasteiger partial charge in [0.15, 0.2) is 0 Å². The molecule has 0 fully saturated rings. The summed E-state index contributed by atoms with van der Waals surface area (Å²) < 4.78 is 40.7. The Morgan fingerprint density at radius 1 is 1.00 bits per heavy atom. The molecule has 0 saturated heterocycles. The molecule has 0 saturated carbocycles. The van der Waals surface area contributed by atoms with Crippen molar-refractivity contribution in [1.29, 1.82) is 0 Å². The minimum absolute atomic E-state index is 0.0361. The van der Waals surface area contributed by atoms with Gasteiger partial charge in [-0.25, -0.2) is 0 Å². The molecule has 1 N–H and O–H groups in total. The highest BCUT2D eigenvalue weighted by Crippen LogP contribution is 2.18. The van der Waals surface area contributed by atoms with Crippen LogP contribution in [-0.4, -0.2) is 24.4 Å². The van der Waals surface area contributed by atoms with Crippen LogP contribution in [0.25, 0.3) is 0 Å². The second kappa shape index (κ2) is 10.2. The first-order valence-corrected chi connectivity index (χ1v) is 9.08. The molecule has 0 aliphatic heterocycles. The molecule has 0 radical (unpaired) electrons. The third-order valence-electron chi connectivity index (χ3n) is 3.39. The van der Waals surface area contributed by atoms with Gasteiger partial charge < -0.3 is 10.1 Å². The molecule has 3 nitrogen and oxygen atoms in total. The van der Waals surface area contributed by atoms with Crippen molar-refractivity contribution in [3.8, 4) is 0 Å². The molecule has 7 heteroatoms. The number of carbonyl (C=O) groups is 1. The lowest BCUT2D eigenvalue weighted by Crippen LogP contribution is -2.23. The SMILES string of the molecule is O=C(CCSc1ccccc1)NCc1ccc(COCC(F)(F)F)cc1. The largest absolute Gasteiger partial charge is 0.411 e. The lowest BCUT2D eigenvalue weighted by Gasteiger charge is -2.09. The number of hydrogen-bond donors (Lipinski definition) is 1. The summed E-state index contributed by atoms with van der Waals surface area (Å²) in [6.07, 6.45) is -3.90. The maximum Gasteiger partial charge on any atom is 0.411 e. The van der Waals surface area contributed by atoms with Crippen molar-refractivity contribution in [2.75, 3.05) is 12.4 Å². The van der Waals surface area contributed by atoms with Crippen LogP contribution < -0.4 is 5.32 Å². The Labute approximate surface area is 154 Å². The predicted octanol–water partition coefficient (Wildman–Crippen LogP) is 4.56. The third-order valence-corrected chi connectivity index (χ3v) is 4.40. The number of nitrogens with one attached hydrogen (secondary N) is 1. The number of benzene rings is 2. The fourth-order valence-electron chi connectivity index (χ4n) is 2.11. The second-order valence-electron chi connectivity index (χ2n) is 5.61. The van der Waals surface area contributed by atoms with Gasteiger partial charge in [-0.2, -0.15) is 13.2 Å². The van der Waals surface area contributed by atoms with E-state index in [4.69, 9.17) is 0 Å². The van der Waals surface area contributed by atoms with Crippen LogP contribution in [-0.2, 0) is 22.7 Å². The molecule has 1 amide bonds. The van der Waals surface area contributed by atoms with E-state index in [1.54, 1.807) is 36.0 Å². The Morgan fingerprint density at radius 2 is 1.65 bits per heavy atom. The van der Waals surface area contributed by atoms with Gasteiger partial charge in [-0.3, -0.25) is 4.79 Å². The number of rotatable bonds is 9. The summed E-state index contributed by atoms with van der Waals surface area (Å²) >= 11 is 1.63. The first-order chi connectivity index (χ1) is 12.4. The van der Waals surface area contributed by atoms with Gasteiger partial charge in [0.1, 0.15) is 6.61 Å². The number of hydrogen-bond acceptors (Lipinski definition) is 3. The summed E-state index contributed by atoms with van der Waals surface area (Å²) in [5.41, 5.74) is 1.54. The first-order valence-electron chi connectivity index (χ1n) is 8.09. The van der Waals surface area contributed by atoms with Crippen LogP contribution in [0.2, 0.25) is 0 Å². The molecule has 2 rings (SSSR count). The first kappa shape index (κ1) is 20.3. The van der Waals surface area contributed by atoms with E-state index in [2.05, 4.69) is 10.1 Å². The Kier molecular flexibility index (Phi) is 8.00. The van der Waals surface area contributed by atoms with Gasteiger partial charge >= 0.3 is 6.18 Å². The summed E-state index contributed by atoms with van der Waals surface area (Å²) in [6.45, 7) is -0.965. The lowest BCUT2D eigenvalue weighted by atomic mass is 10.1. The van der Waals surface area contributed by atoms with E-state index in [0.717, 1.165) is 10.5 Å². The predicted molar refractivity (Wildman–Crippen MR) is 95.8 cm³/mol. The molecule has 0 aliphatic rings. The molecule has 0 spiro atoms. The van der Waals surface area contributed by atoms with E-state index >= 15 is 0 Å². The summed E-state index contributed by atoms with van der Waals surface area (Å²) in [5, 5.41) is 2.84. The molecule has 2 aromatic rings. The summed E-state index contributed by atoms with van der Waals surface area (Å²) in [5.74, 6) is 0.664. The maximum absolute atomic E-state index is 12.0. The Morgan fingerprint density at radius 3 is 2.31 bits per heavy atom. The topological polar surface area (TPSA) is 38.3 Å². The van der Waals surface area contributed by atoms with Crippen LogP contribution in [0, 0.1) is 0 Å². The van der Waals surface area contributed by atoms with Gasteiger partial charge in [0.05, 0.1) is 6.61 Å². The Balaban J connectivity index is 1.64. The highest BCUT2D eigenvalue weighted by Gasteiger charge is 2.27. The number of ether oxygens (including phenoxy) is 1. The van der Waals surface area contributed by atoms with E-state index in [0.29, 0.717) is 24.3 Å². The average Bonchev–Trinajstić information content (AvgIpc) is 2.61. The van der Waals surface area contributed by atoms with Gasteiger partial charge in [-0.05, 0) is 23.3 Å². The smallest absolute Gasteiger partial charge is 0.367 e. The van der Waals surface area contributed by atoms with Crippen LogP contribution in [0.3, 0.4) is 0 Å². The van der Waals surface area contributed by atoms with Crippen LogP contribution in [0.15, 0.2) is 59.5 Å². The second-order valence-corrected chi connectivity index (χ2v) is 6.78. The van der Waals surface area contributed by atoms with Crippen molar-refractivity contribution >= 4 is 17.7 Å². The van der Waals surface area contributed by atoms with Crippen molar-refractivity contribution in [1.82, 2.24) is 5.32 Å². The number of carbonyl (C=O) groups excluding carboxylic acids is 1. The highest BCUT2D eigenvalue weighted by molar-refractivity contribution is 7.99. The molecule has 140 valence electrons. The fraction of sp³-hybridized carbons (Fsp3) is 0.316. The average molecular weight is 383 g/mol. The summed E-state index contributed by atoms with van der Waals surface area (Å²) in [7, 11) is 0.